The second-order valence-corrected chi connectivity index (χ2v) is 2.62. The maximum Gasteiger partial charge on any atom is 0.0578 e. The minimum Gasteiger partial charge on any atom is -0.343 e. The topological polar surface area (TPSA) is 17.3 Å². The molecule has 0 fully saturated rings. The zero-order valence-corrected chi connectivity index (χ0v) is 6.72. The summed E-state index contributed by atoms with van der Waals surface area (Å²) < 4.78 is 2.15. The summed E-state index contributed by atoms with van der Waals surface area (Å²) in [6.07, 6.45) is 11.7. The van der Waals surface area contributed by atoms with Crippen molar-refractivity contribution >= 4 is 12.3 Å². The van der Waals surface area contributed by atoms with Crippen molar-refractivity contribution in [3.05, 3.63) is 42.4 Å². The monoisotopic (exact) mass is 158 g/mol. The van der Waals surface area contributed by atoms with Gasteiger partial charge in [-0.3, -0.25) is 4.99 Å². The van der Waals surface area contributed by atoms with Crippen LogP contribution in [0.5, 0.6) is 0 Å². The van der Waals surface area contributed by atoms with Gasteiger partial charge in [0.1, 0.15) is 0 Å². The van der Waals surface area contributed by atoms with Crippen LogP contribution >= 0.6 is 0 Å². The largest absolute Gasteiger partial charge is 0.343 e. The van der Waals surface area contributed by atoms with Gasteiger partial charge < -0.3 is 4.57 Å². The van der Waals surface area contributed by atoms with Crippen molar-refractivity contribution in [1.29, 1.82) is 0 Å². The Morgan fingerprint density at radius 3 is 3.33 bits per heavy atom. The fourth-order valence-corrected chi connectivity index (χ4v) is 1.19. The van der Waals surface area contributed by atoms with Gasteiger partial charge in [0.2, 0.25) is 0 Å². The van der Waals surface area contributed by atoms with Gasteiger partial charge in [-0.15, -0.1) is 0 Å². The Hall–Kier alpha value is -1.57. The number of fused-ring (bicyclic) bond motifs is 1. The van der Waals surface area contributed by atoms with Gasteiger partial charge in [-0.1, -0.05) is 6.08 Å². The van der Waals surface area contributed by atoms with Crippen LogP contribution in [0.25, 0.3) is 6.08 Å². The summed E-state index contributed by atoms with van der Waals surface area (Å²) in [7, 11) is 0. The highest BCUT2D eigenvalue weighted by Crippen LogP contribution is 2.05. The summed E-state index contributed by atoms with van der Waals surface area (Å²) in [6.45, 7) is 0.844. The van der Waals surface area contributed by atoms with Crippen molar-refractivity contribution in [1.82, 2.24) is 4.57 Å². The van der Waals surface area contributed by atoms with Crippen LogP contribution in [0.15, 0.2) is 41.7 Å². The van der Waals surface area contributed by atoms with Crippen LogP contribution in [0, 0.1) is 0 Å². The molecule has 0 bridgehead atoms. The lowest BCUT2D eigenvalue weighted by atomic mass is 10.3. The zero-order chi connectivity index (χ0) is 8.23. The van der Waals surface area contributed by atoms with Gasteiger partial charge in [0.15, 0.2) is 0 Å². The minimum absolute atomic E-state index is 0.844. The van der Waals surface area contributed by atoms with E-state index in [0.29, 0.717) is 0 Å². The second-order valence-electron chi connectivity index (χ2n) is 2.62. The van der Waals surface area contributed by atoms with Crippen LogP contribution in [0.4, 0.5) is 0 Å². The Morgan fingerprint density at radius 2 is 2.33 bits per heavy atom. The fraction of sp³-hybridized carbons (Fsp3) is 0.100. The first-order chi connectivity index (χ1) is 5.97. The Labute approximate surface area is 71.6 Å². The van der Waals surface area contributed by atoms with Gasteiger partial charge in [-0.25, -0.2) is 0 Å². The summed E-state index contributed by atoms with van der Waals surface area (Å²) in [5.41, 5.74) is 1.22. The Bertz CT molecular complexity index is 342. The Morgan fingerprint density at radius 1 is 1.33 bits per heavy atom. The SMILES string of the molecule is C1=CN=CCn2cccc2C=C1. The molecule has 0 N–H and O–H groups in total. The van der Waals surface area contributed by atoms with E-state index in [1.807, 2.05) is 24.4 Å². The summed E-state index contributed by atoms with van der Waals surface area (Å²) in [5, 5.41) is 0. The maximum absolute atomic E-state index is 4.09. The molecule has 0 radical (unpaired) electrons. The third-order valence-electron chi connectivity index (χ3n) is 1.80. The molecule has 2 rings (SSSR count). The van der Waals surface area contributed by atoms with E-state index in [-0.39, 0.29) is 0 Å². The van der Waals surface area contributed by atoms with Crippen LogP contribution in [-0.2, 0) is 6.54 Å². The quantitative estimate of drug-likeness (QED) is 0.550. The highest BCUT2D eigenvalue weighted by Gasteiger charge is 1.94. The number of aromatic nitrogens is 1. The van der Waals surface area contributed by atoms with Crippen molar-refractivity contribution in [3.8, 4) is 0 Å². The normalized spacial score (nSPS) is 15.0. The standard InChI is InChI=1S/C10H10N2/c1-2-6-11-7-9-12-8-3-5-10(12)4-1/h1-8H,9H2. The summed E-state index contributed by atoms with van der Waals surface area (Å²) in [6, 6.07) is 4.13. The molecule has 0 saturated heterocycles. The van der Waals surface area contributed by atoms with Crippen molar-refractivity contribution in [2.24, 2.45) is 4.99 Å². The number of hydrogen-bond donors (Lipinski definition) is 0. The van der Waals surface area contributed by atoms with Crippen LogP contribution in [0.1, 0.15) is 5.69 Å². The molecule has 0 atom stereocenters. The van der Waals surface area contributed by atoms with Crippen LogP contribution in [-0.4, -0.2) is 10.8 Å². The van der Waals surface area contributed by atoms with Crippen LogP contribution in [0.2, 0.25) is 0 Å². The molecule has 2 heteroatoms. The smallest absolute Gasteiger partial charge is 0.0578 e. The third-order valence-corrected chi connectivity index (χ3v) is 1.80. The molecule has 1 aromatic heterocycles. The summed E-state index contributed by atoms with van der Waals surface area (Å²) in [5.74, 6) is 0. The van der Waals surface area contributed by atoms with Crippen LogP contribution < -0.4 is 0 Å². The van der Waals surface area contributed by atoms with E-state index in [9.17, 15) is 0 Å². The molecule has 1 aliphatic heterocycles. The van der Waals surface area contributed by atoms with Gasteiger partial charge in [0.05, 0.1) is 6.54 Å². The molecule has 12 heavy (non-hydrogen) atoms. The number of nitrogens with zero attached hydrogens (tertiary/aromatic N) is 2. The van der Waals surface area contributed by atoms with Gasteiger partial charge in [0.25, 0.3) is 0 Å². The molecule has 2 nitrogen and oxygen atoms in total. The third kappa shape index (κ3) is 1.37. The minimum atomic E-state index is 0.844. The van der Waals surface area contributed by atoms with Crippen molar-refractivity contribution in [3.63, 3.8) is 0 Å². The molecular weight excluding hydrogens is 148 g/mol. The van der Waals surface area contributed by atoms with E-state index < -0.39 is 0 Å². The molecule has 0 aromatic carbocycles. The van der Waals surface area contributed by atoms with E-state index in [1.54, 1.807) is 6.20 Å². The first-order valence-corrected chi connectivity index (χ1v) is 3.97. The van der Waals surface area contributed by atoms with E-state index in [2.05, 4.69) is 27.9 Å². The van der Waals surface area contributed by atoms with Crippen molar-refractivity contribution in [2.45, 2.75) is 6.54 Å². The van der Waals surface area contributed by atoms with Gasteiger partial charge in [-0.2, -0.15) is 0 Å². The molecule has 0 unspecified atom stereocenters. The molecule has 1 aliphatic rings. The molecule has 1 aromatic rings. The number of allylic oxidation sites excluding steroid dienone is 2. The Kier molecular flexibility index (Phi) is 1.90. The second kappa shape index (κ2) is 3.22. The predicted molar refractivity (Wildman–Crippen MR) is 51.1 cm³/mol. The van der Waals surface area contributed by atoms with E-state index in [4.69, 9.17) is 0 Å². The fourth-order valence-electron chi connectivity index (χ4n) is 1.19. The molecule has 0 amide bonds. The zero-order valence-electron chi connectivity index (χ0n) is 6.72. The van der Waals surface area contributed by atoms with Gasteiger partial charge in [-0.05, 0) is 24.3 Å². The summed E-state index contributed by atoms with van der Waals surface area (Å²) in [4.78, 5) is 4.09. The van der Waals surface area contributed by atoms with E-state index in [0.717, 1.165) is 6.54 Å². The lowest BCUT2D eigenvalue weighted by molar-refractivity contribution is 0.863. The number of aliphatic imine (C=N–C) groups is 1. The van der Waals surface area contributed by atoms with E-state index in [1.165, 1.54) is 5.69 Å². The highest BCUT2D eigenvalue weighted by molar-refractivity contribution is 5.60. The first-order valence-electron chi connectivity index (χ1n) is 3.97. The average molecular weight is 158 g/mol. The molecule has 60 valence electrons. The molecule has 0 spiro atoms. The van der Waals surface area contributed by atoms with Crippen molar-refractivity contribution in [2.75, 3.05) is 0 Å². The summed E-state index contributed by atoms with van der Waals surface area (Å²) >= 11 is 0. The van der Waals surface area contributed by atoms with E-state index >= 15 is 0 Å². The Balaban J connectivity index is 2.40. The number of hydrogen-bond acceptors (Lipinski definition) is 1. The molecule has 2 heterocycles. The number of rotatable bonds is 0. The van der Waals surface area contributed by atoms with Gasteiger partial charge in [0, 0.05) is 24.3 Å². The molecule has 0 aliphatic carbocycles. The van der Waals surface area contributed by atoms with Gasteiger partial charge >= 0.3 is 0 Å². The molecule has 0 saturated carbocycles. The molecular formula is C10H10N2. The van der Waals surface area contributed by atoms with Crippen LogP contribution in [0.3, 0.4) is 0 Å². The lowest BCUT2D eigenvalue weighted by Gasteiger charge is -1.99. The highest BCUT2D eigenvalue weighted by atomic mass is 15.0. The first kappa shape index (κ1) is 7.10. The van der Waals surface area contributed by atoms with Crippen molar-refractivity contribution < 1.29 is 0 Å². The predicted octanol–water partition coefficient (Wildman–Crippen LogP) is 2.10. The average Bonchev–Trinajstić information content (AvgIpc) is 2.50. The maximum atomic E-state index is 4.09. The lowest BCUT2D eigenvalue weighted by Crippen LogP contribution is -1.98.